The van der Waals surface area contributed by atoms with E-state index in [1.165, 1.54) is 41.4 Å². The van der Waals surface area contributed by atoms with Crippen molar-refractivity contribution in [1.29, 1.82) is 0 Å². The van der Waals surface area contributed by atoms with Gasteiger partial charge in [0, 0.05) is 29.9 Å². The van der Waals surface area contributed by atoms with Crippen LogP contribution in [0.4, 0.5) is 13.2 Å². The monoisotopic (exact) mass is 672 g/mol. The number of alkyl halides is 3. The van der Waals surface area contributed by atoms with Gasteiger partial charge in [0.15, 0.2) is 17.8 Å². The predicted molar refractivity (Wildman–Crippen MR) is 153 cm³/mol. The molecular weight excluding hydrogens is 649 g/mol. The van der Waals surface area contributed by atoms with Crippen LogP contribution in [0.15, 0.2) is 47.5 Å². The molecule has 3 aromatic heterocycles. The summed E-state index contributed by atoms with van der Waals surface area (Å²) in [6.45, 7) is -1.85. The first-order valence-corrected chi connectivity index (χ1v) is 15.3. The van der Waals surface area contributed by atoms with Gasteiger partial charge in [-0.2, -0.15) is 23.8 Å². The summed E-state index contributed by atoms with van der Waals surface area (Å²) in [6.07, 6.45) is -5.60. The van der Waals surface area contributed by atoms with E-state index in [-0.39, 0.29) is 53.1 Å². The number of carbonyl (C=O) groups is 2. The maximum Gasteiger partial charge on any atom is 0.416 e. The van der Waals surface area contributed by atoms with Crippen LogP contribution in [0.25, 0.3) is 17.1 Å². The van der Waals surface area contributed by atoms with Gasteiger partial charge in [-0.15, -0.1) is 10.2 Å². The van der Waals surface area contributed by atoms with Crippen LogP contribution in [0.2, 0.25) is 5.02 Å². The number of carbonyl (C=O) groups excluding carboxylic acids is 1. The largest absolute Gasteiger partial charge is 0.478 e. The van der Waals surface area contributed by atoms with Crippen molar-refractivity contribution in [2.24, 2.45) is 0 Å². The van der Waals surface area contributed by atoms with Crippen molar-refractivity contribution in [3.05, 3.63) is 75.4 Å². The molecule has 0 saturated carbocycles. The van der Waals surface area contributed by atoms with Crippen molar-refractivity contribution in [3.63, 3.8) is 0 Å². The van der Waals surface area contributed by atoms with E-state index in [1.54, 1.807) is 0 Å². The molecule has 1 aliphatic rings. The van der Waals surface area contributed by atoms with E-state index in [2.05, 4.69) is 20.2 Å². The number of nitrogens with zero attached hydrogens (tertiary/aromatic N) is 8. The average Bonchev–Trinajstić information content (AvgIpc) is 3.54. The van der Waals surface area contributed by atoms with Crippen LogP contribution in [0.5, 0.6) is 0 Å². The van der Waals surface area contributed by atoms with Crippen LogP contribution in [0.3, 0.4) is 0 Å². The highest BCUT2D eigenvalue weighted by Gasteiger charge is 2.39. The Balaban J connectivity index is 1.58. The minimum absolute atomic E-state index is 0.0436. The highest BCUT2D eigenvalue weighted by atomic mass is 35.5. The lowest BCUT2D eigenvalue weighted by molar-refractivity contribution is -0.207. The highest BCUT2D eigenvalue weighted by molar-refractivity contribution is 8.24. The number of aliphatic hydroxyl groups is 1. The number of amides is 1. The molecule has 1 aliphatic heterocycles. The van der Waals surface area contributed by atoms with Gasteiger partial charge in [-0.05, 0) is 30.3 Å². The van der Waals surface area contributed by atoms with Gasteiger partial charge in [-0.25, -0.2) is 23.9 Å². The number of hydrogen-bond donors (Lipinski definition) is 4. The summed E-state index contributed by atoms with van der Waals surface area (Å²) in [4.78, 5) is 48.2. The van der Waals surface area contributed by atoms with Crippen molar-refractivity contribution in [1.82, 2.24) is 39.0 Å². The van der Waals surface area contributed by atoms with E-state index in [0.717, 1.165) is 15.6 Å². The summed E-state index contributed by atoms with van der Waals surface area (Å²) >= 11 is 5.92. The standard InChI is InChI=1S/C25H24ClF3N8O7S/c26-15-3-1-14(2-4-15)20-33-36(24(42)35(20)12-18(38)25(27,28)29)13-19-31-21(22(39)34-7-9-45(43,44)10-8-34)37(32-19)17-11-30-6-5-16(17)23(40)41/h1-6,11,18,38,43-44H,7-10,12-13H2,(H,40,41)/t18-/m0/s1. The molecule has 15 nitrogen and oxygen atoms in total. The first-order chi connectivity index (χ1) is 21.1. The third-order valence-corrected chi connectivity index (χ3v) is 8.74. The van der Waals surface area contributed by atoms with Gasteiger partial charge in [0.1, 0.15) is 12.2 Å². The molecule has 1 atom stereocenters. The molecule has 240 valence electrons. The van der Waals surface area contributed by atoms with E-state index in [9.17, 15) is 46.9 Å². The first kappa shape index (κ1) is 32.1. The molecule has 1 aromatic carbocycles. The van der Waals surface area contributed by atoms with Gasteiger partial charge in [-0.1, -0.05) is 11.6 Å². The maximum atomic E-state index is 13.6. The van der Waals surface area contributed by atoms with Gasteiger partial charge in [0.05, 0.1) is 29.8 Å². The van der Waals surface area contributed by atoms with E-state index in [0.29, 0.717) is 9.59 Å². The quantitative estimate of drug-likeness (QED) is 0.214. The summed E-state index contributed by atoms with van der Waals surface area (Å²) < 4.78 is 61.9. The average molecular weight is 673 g/mol. The second-order valence-corrected chi connectivity index (χ2v) is 12.8. The number of carboxylic acids is 1. The van der Waals surface area contributed by atoms with Crippen LogP contribution >= 0.6 is 22.2 Å². The number of rotatable bonds is 8. The number of pyridine rings is 1. The van der Waals surface area contributed by atoms with Crippen LogP contribution < -0.4 is 5.69 Å². The fourth-order valence-electron chi connectivity index (χ4n) is 4.47. The van der Waals surface area contributed by atoms with Crippen molar-refractivity contribution >= 4 is 34.1 Å². The van der Waals surface area contributed by atoms with Gasteiger partial charge in [0.2, 0.25) is 5.82 Å². The fourth-order valence-corrected chi connectivity index (χ4v) is 5.82. The lowest BCUT2D eigenvalue weighted by atomic mass is 10.2. The molecule has 0 radical (unpaired) electrons. The van der Waals surface area contributed by atoms with Gasteiger partial charge in [0.25, 0.3) is 5.91 Å². The molecule has 0 bridgehead atoms. The lowest BCUT2D eigenvalue weighted by Gasteiger charge is -2.40. The van der Waals surface area contributed by atoms with E-state index in [1.807, 2.05) is 0 Å². The second-order valence-electron chi connectivity index (χ2n) is 9.90. The Morgan fingerprint density at radius 1 is 1.07 bits per heavy atom. The highest BCUT2D eigenvalue weighted by Crippen LogP contribution is 2.40. The van der Waals surface area contributed by atoms with Crippen molar-refractivity contribution < 1.29 is 42.1 Å². The second kappa shape index (κ2) is 12.2. The zero-order chi connectivity index (χ0) is 32.7. The van der Waals surface area contributed by atoms with Crippen molar-refractivity contribution in [2.45, 2.75) is 25.4 Å². The number of carboxylic acid groups (broad SMARTS) is 1. The number of aliphatic hydroxyl groups excluding tert-OH is 1. The molecule has 4 aromatic rings. The molecule has 0 aliphatic carbocycles. The van der Waals surface area contributed by atoms with E-state index < -0.39 is 59.4 Å². The normalized spacial score (nSPS) is 16.4. The molecule has 5 rings (SSSR count). The minimum Gasteiger partial charge on any atom is -0.478 e. The van der Waals surface area contributed by atoms with Gasteiger partial charge >= 0.3 is 17.8 Å². The molecule has 4 N–H and O–H groups in total. The van der Waals surface area contributed by atoms with Crippen LogP contribution in [0.1, 0.15) is 26.8 Å². The molecule has 1 fully saturated rings. The third kappa shape index (κ3) is 6.86. The van der Waals surface area contributed by atoms with Crippen LogP contribution in [-0.2, 0) is 13.1 Å². The van der Waals surface area contributed by atoms with Crippen molar-refractivity contribution in [2.75, 3.05) is 24.6 Å². The predicted octanol–water partition coefficient (Wildman–Crippen LogP) is 2.22. The van der Waals surface area contributed by atoms with Crippen molar-refractivity contribution in [3.8, 4) is 17.1 Å². The first-order valence-electron chi connectivity index (χ1n) is 13.0. The topological polar surface area (TPSA) is 202 Å². The number of halogens is 4. The SMILES string of the molecule is O=C(O)c1ccncc1-n1nc(Cn2nc(-c3ccc(Cl)cc3)n(C[C@H](O)C(F)(F)F)c2=O)nc1C(=O)N1CCS(O)(O)CC1. The minimum atomic E-state index is -5.04. The lowest BCUT2D eigenvalue weighted by Crippen LogP contribution is -2.43. The number of benzene rings is 1. The zero-order valence-electron chi connectivity index (χ0n) is 22.9. The number of aromatic nitrogens is 7. The Hall–Kier alpha value is -4.30. The Kier molecular flexibility index (Phi) is 8.73. The van der Waals surface area contributed by atoms with Gasteiger partial charge in [-0.3, -0.25) is 23.5 Å². The molecule has 4 heterocycles. The van der Waals surface area contributed by atoms with Gasteiger partial charge < -0.3 is 15.1 Å². The summed E-state index contributed by atoms with van der Waals surface area (Å²) in [6, 6.07) is 6.86. The maximum absolute atomic E-state index is 13.6. The zero-order valence-corrected chi connectivity index (χ0v) is 24.4. The van der Waals surface area contributed by atoms with Crippen LogP contribution in [-0.4, -0.2) is 107 Å². The van der Waals surface area contributed by atoms with Crippen LogP contribution in [0, 0.1) is 0 Å². The van der Waals surface area contributed by atoms with E-state index >= 15 is 0 Å². The summed E-state index contributed by atoms with van der Waals surface area (Å²) in [5.41, 5.74) is -1.31. The Morgan fingerprint density at radius 3 is 2.36 bits per heavy atom. The molecule has 1 saturated heterocycles. The molecule has 1 amide bonds. The summed E-state index contributed by atoms with van der Waals surface area (Å²) in [7, 11) is -2.87. The Bertz CT molecular complexity index is 1800. The number of hydrogen-bond acceptors (Lipinski definition) is 10. The molecule has 20 heteroatoms. The number of aromatic carboxylic acids is 1. The van der Waals surface area contributed by atoms with E-state index in [4.69, 9.17) is 11.6 Å². The third-order valence-electron chi connectivity index (χ3n) is 6.81. The Labute approximate surface area is 257 Å². The smallest absolute Gasteiger partial charge is 0.416 e. The molecule has 45 heavy (non-hydrogen) atoms. The molecular formula is C25H24ClF3N8O7S. The Morgan fingerprint density at radius 2 is 1.73 bits per heavy atom. The fraction of sp³-hybridized carbons (Fsp3) is 0.320. The summed E-state index contributed by atoms with van der Waals surface area (Å²) in [5.74, 6) is -3.16. The summed E-state index contributed by atoms with van der Waals surface area (Å²) in [5, 5.41) is 28.2. The molecule has 0 spiro atoms. The molecule has 0 unspecified atom stereocenters.